The van der Waals surface area contributed by atoms with Crippen LogP contribution >= 0.6 is 0 Å². The fraction of sp³-hybridized carbons (Fsp3) is 0.333. The zero-order valence-electron chi connectivity index (χ0n) is 16.5. The Morgan fingerprint density at radius 2 is 2.14 bits per heavy atom. The van der Waals surface area contributed by atoms with Crippen LogP contribution in [0, 0.1) is 18.6 Å². The lowest BCUT2D eigenvalue weighted by atomic mass is 10.2. The Bertz CT molecular complexity index is 1040. The van der Waals surface area contributed by atoms with E-state index in [1.54, 1.807) is 7.05 Å². The molecule has 0 saturated carbocycles. The molecule has 2 aromatic heterocycles. The van der Waals surface area contributed by atoms with Crippen molar-refractivity contribution in [1.29, 1.82) is 0 Å². The van der Waals surface area contributed by atoms with Gasteiger partial charge in [0.1, 0.15) is 17.3 Å². The lowest BCUT2D eigenvalue weighted by molar-refractivity contribution is 0.580. The summed E-state index contributed by atoms with van der Waals surface area (Å²) in [6.45, 7) is 3.91. The average molecular weight is 398 g/mol. The highest BCUT2D eigenvalue weighted by atomic mass is 19.1. The highest BCUT2D eigenvalue weighted by Gasteiger charge is 2.25. The van der Waals surface area contributed by atoms with Gasteiger partial charge in [-0.1, -0.05) is 6.07 Å². The number of aromatic nitrogens is 2. The molecule has 1 unspecified atom stereocenters. The number of hydrogen-bond acceptors (Lipinski definition) is 3. The van der Waals surface area contributed by atoms with Crippen LogP contribution in [0.1, 0.15) is 17.8 Å². The molecule has 6 nitrogen and oxygen atoms in total. The number of anilines is 1. The third kappa shape index (κ3) is 4.16. The molecule has 8 heteroatoms. The third-order valence-electron chi connectivity index (χ3n) is 5.19. The zero-order chi connectivity index (χ0) is 20.4. The SMILES string of the molecule is CN=C(NCc1cn2c(C)cccc2n1)NC1CCN(c2ccc(F)cc2F)C1. The predicted molar refractivity (Wildman–Crippen MR) is 110 cm³/mol. The van der Waals surface area contributed by atoms with Crippen LogP contribution in [-0.2, 0) is 6.54 Å². The first-order chi connectivity index (χ1) is 14.0. The molecule has 3 heterocycles. The Morgan fingerprint density at radius 3 is 2.90 bits per heavy atom. The summed E-state index contributed by atoms with van der Waals surface area (Å²) < 4.78 is 29.2. The van der Waals surface area contributed by atoms with Crippen molar-refractivity contribution in [2.75, 3.05) is 25.0 Å². The van der Waals surface area contributed by atoms with Crippen molar-refractivity contribution in [3.05, 3.63) is 65.6 Å². The van der Waals surface area contributed by atoms with E-state index < -0.39 is 11.6 Å². The number of imidazole rings is 1. The number of pyridine rings is 1. The van der Waals surface area contributed by atoms with Crippen LogP contribution < -0.4 is 15.5 Å². The van der Waals surface area contributed by atoms with Crippen LogP contribution in [0.3, 0.4) is 0 Å². The van der Waals surface area contributed by atoms with Gasteiger partial charge in [0.2, 0.25) is 0 Å². The van der Waals surface area contributed by atoms with Crippen molar-refractivity contribution in [1.82, 2.24) is 20.0 Å². The maximum Gasteiger partial charge on any atom is 0.191 e. The molecule has 2 N–H and O–H groups in total. The Hall–Kier alpha value is -3.16. The number of aliphatic imine (C=N–C) groups is 1. The topological polar surface area (TPSA) is 57.0 Å². The Kier molecular flexibility index (Phi) is 5.33. The minimum atomic E-state index is -0.563. The van der Waals surface area contributed by atoms with Crippen LogP contribution in [0.4, 0.5) is 14.5 Å². The summed E-state index contributed by atoms with van der Waals surface area (Å²) in [5.74, 6) is -0.424. The van der Waals surface area contributed by atoms with Crippen molar-refractivity contribution in [3.8, 4) is 0 Å². The molecular weight excluding hydrogens is 374 g/mol. The number of benzene rings is 1. The molecule has 1 aliphatic rings. The van der Waals surface area contributed by atoms with E-state index in [1.807, 2.05) is 36.2 Å². The first-order valence-corrected chi connectivity index (χ1v) is 9.64. The van der Waals surface area contributed by atoms with Crippen molar-refractivity contribution in [2.45, 2.75) is 25.9 Å². The normalized spacial score (nSPS) is 17.2. The lowest BCUT2D eigenvalue weighted by Crippen LogP contribution is -2.44. The number of guanidine groups is 1. The molecule has 1 fully saturated rings. The van der Waals surface area contributed by atoms with Crippen LogP contribution in [-0.4, -0.2) is 41.5 Å². The Morgan fingerprint density at radius 1 is 1.28 bits per heavy atom. The van der Waals surface area contributed by atoms with E-state index in [1.165, 1.54) is 12.1 Å². The monoisotopic (exact) mass is 398 g/mol. The summed E-state index contributed by atoms with van der Waals surface area (Å²) in [6, 6.07) is 9.84. The second kappa shape index (κ2) is 8.06. The van der Waals surface area contributed by atoms with Gasteiger partial charge in [-0.15, -0.1) is 0 Å². The first-order valence-electron chi connectivity index (χ1n) is 9.64. The molecule has 0 spiro atoms. The van der Waals surface area contributed by atoms with Crippen molar-refractivity contribution < 1.29 is 8.78 Å². The van der Waals surface area contributed by atoms with Gasteiger partial charge in [0, 0.05) is 44.1 Å². The molecule has 3 aromatic rings. The van der Waals surface area contributed by atoms with Crippen molar-refractivity contribution >= 4 is 17.3 Å². The summed E-state index contributed by atoms with van der Waals surface area (Å²) in [7, 11) is 1.72. The fourth-order valence-corrected chi connectivity index (χ4v) is 3.68. The molecule has 0 bridgehead atoms. The van der Waals surface area contributed by atoms with Crippen LogP contribution in [0.25, 0.3) is 5.65 Å². The number of nitrogens with zero attached hydrogens (tertiary/aromatic N) is 4. The van der Waals surface area contributed by atoms with Gasteiger partial charge in [-0.25, -0.2) is 13.8 Å². The van der Waals surface area contributed by atoms with Crippen molar-refractivity contribution in [2.24, 2.45) is 4.99 Å². The van der Waals surface area contributed by atoms with E-state index in [9.17, 15) is 8.78 Å². The molecule has 0 amide bonds. The molecule has 29 heavy (non-hydrogen) atoms. The molecule has 1 aliphatic heterocycles. The summed E-state index contributed by atoms with van der Waals surface area (Å²) in [5, 5.41) is 6.67. The third-order valence-corrected chi connectivity index (χ3v) is 5.19. The Labute approximate surface area is 168 Å². The molecular formula is C21H24F2N6. The number of aryl methyl sites for hydroxylation is 1. The minimum absolute atomic E-state index is 0.119. The largest absolute Gasteiger partial charge is 0.367 e. The molecule has 1 atom stereocenters. The number of halogens is 2. The minimum Gasteiger partial charge on any atom is -0.367 e. The standard InChI is InChI=1S/C21H24F2N6/c1-14-4-3-5-20-26-17(13-29(14)20)11-25-21(24-2)27-16-8-9-28(12-16)19-7-6-15(22)10-18(19)23/h3-7,10,13,16H,8-9,11-12H2,1-2H3,(H2,24,25,27). The molecule has 1 saturated heterocycles. The van der Waals surface area contributed by atoms with Gasteiger partial charge in [0.15, 0.2) is 5.96 Å². The van der Waals surface area contributed by atoms with E-state index in [0.29, 0.717) is 31.3 Å². The second-order valence-corrected chi connectivity index (χ2v) is 7.23. The van der Waals surface area contributed by atoms with Crippen molar-refractivity contribution in [3.63, 3.8) is 0 Å². The predicted octanol–water partition coefficient (Wildman–Crippen LogP) is 2.86. The smallest absolute Gasteiger partial charge is 0.191 e. The summed E-state index contributed by atoms with van der Waals surface area (Å²) in [4.78, 5) is 10.8. The number of hydrogen-bond donors (Lipinski definition) is 2. The first kappa shape index (κ1) is 19.2. The van der Waals surface area contributed by atoms with E-state index in [-0.39, 0.29) is 6.04 Å². The number of rotatable bonds is 4. The van der Waals surface area contributed by atoms with E-state index in [0.717, 1.165) is 29.5 Å². The highest BCUT2D eigenvalue weighted by molar-refractivity contribution is 5.80. The van der Waals surface area contributed by atoms with Gasteiger partial charge in [0.25, 0.3) is 0 Å². The summed E-state index contributed by atoms with van der Waals surface area (Å²) in [5.41, 5.74) is 3.39. The van der Waals surface area contributed by atoms with E-state index in [2.05, 4.69) is 25.0 Å². The molecule has 0 aliphatic carbocycles. The lowest BCUT2D eigenvalue weighted by Gasteiger charge is -2.20. The van der Waals surface area contributed by atoms with Gasteiger partial charge in [-0.3, -0.25) is 4.99 Å². The fourth-order valence-electron chi connectivity index (χ4n) is 3.68. The van der Waals surface area contributed by atoms with Gasteiger partial charge in [-0.05, 0) is 37.6 Å². The number of fused-ring (bicyclic) bond motifs is 1. The molecule has 152 valence electrons. The quantitative estimate of drug-likeness (QED) is 0.524. The van der Waals surface area contributed by atoms with Crippen LogP contribution in [0.15, 0.2) is 47.6 Å². The van der Waals surface area contributed by atoms with Gasteiger partial charge < -0.3 is 19.9 Å². The van der Waals surface area contributed by atoms with Gasteiger partial charge in [0.05, 0.1) is 17.9 Å². The summed E-state index contributed by atoms with van der Waals surface area (Å²) in [6.07, 6.45) is 2.85. The van der Waals surface area contributed by atoms with E-state index >= 15 is 0 Å². The van der Waals surface area contributed by atoms with Crippen LogP contribution in [0.2, 0.25) is 0 Å². The molecule has 1 aromatic carbocycles. The second-order valence-electron chi connectivity index (χ2n) is 7.23. The number of nitrogens with one attached hydrogen (secondary N) is 2. The van der Waals surface area contributed by atoms with Gasteiger partial charge in [-0.2, -0.15) is 0 Å². The highest BCUT2D eigenvalue weighted by Crippen LogP contribution is 2.24. The van der Waals surface area contributed by atoms with E-state index in [4.69, 9.17) is 0 Å². The zero-order valence-corrected chi connectivity index (χ0v) is 16.5. The van der Waals surface area contributed by atoms with Crippen LogP contribution in [0.5, 0.6) is 0 Å². The molecule has 0 radical (unpaired) electrons. The van der Waals surface area contributed by atoms with Gasteiger partial charge >= 0.3 is 0 Å². The maximum atomic E-state index is 14.0. The Balaban J connectivity index is 1.35. The molecule has 4 rings (SSSR count). The summed E-state index contributed by atoms with van der Waals surface area (Å²) >= 11 is 0. The average Bonchev–Trinajstić information content (AvgIpc) is 3.32. The maximum absolute atomic E-state index is 14.0.